The SMILES string of the molecule is C[C@H](O)CNS(=O)(=O)c1ccc(F)c(F)c1. The van der Waals surface area contributed by atoms with Crippen LogP contribution in [-0.2, 0) is 10.0 Å². The largest absolute Gasteiger partial charge is 0.392 e. The molecule has 90 valence electrons. The smallest absolute Gasteiger partial charge is 0.240 e. The van der Waals surface area contributed by atoms with Gasteiger partial charge in [-0.3, -0.25) is 0 Å². The Morgan fingerprint density at radius 3 is 2.50 bits per heavy atom. The fourth-order valence-corrected chi connectivity index (χ4v) is 2.09. The summed E-state index contributed by atoms with van der Waals surface area (Å²) in [5.41, 5.74) is 0. The Labute approximate surface area is 92.0 Å². The third-order valence-electron chi connectivity index (χ3n) is 1.77. The minimum atomic E-state index is -3.91. The maximum atomic E-state index is 12.8. The summed E-state index contributed by atoms with van der Waals surface area (Å²) in [5, 5.41) is 8.90. The van der Waals surface area contributed by atoms with Gasteiger partial charge in [0.1, 0.15) is 0 Å². The molecule has 1 atom stereocenters. The number of rotatable bonds is 4. The summed E-state index contributed by atoms with van der Waals surface area (Å²) in [6.07, 6.45) is -0.861. The van der Waals surface area contributed by atoms with Crippen LogP contribution in [0.3, 0.4) is 0 Å². The maximum Gasteiger partial charge on any atom is 0.240 e. The zero-order chi connectivity index (χ0) is 12.3. The van der Waals surface area contributed by atoms with E-state index in [-0.39, 0.29) is 11.4 Å². The van der Waals surface area contributed by atoms with Crippen LogP contribution in [0.25, 0.3) is 0 Å². The van der Waals surface area contributed by atoms with E-state index < -0.39 is 27.8 Å². The quantitative estimate of drug-likeness (QED) is 0.824. The van der Waals surface area contributed by atoms with Crippen LogP contribution < -0.4 is 4.72 Å². The van der Waals surface area contributed by atoms with E-state index in [2.05, 4.69) is 4.72 Å². The van der Waals surface area contributed by atoms with Crippen molar-refractivity contribution >= 4 is 10.0 Å². The van der Waals surface area contributed by atoms with Gasteiger partial charge in [-0.05, 0) is 25.1 Å². The highest BCUT2D eigenvalue weighted by atomic mass is 32.2. The molecule has 0 aliphatic rings. The highest BCUT2D eigenvalue weighted by Gasteiger charge is 2.16. The molecule has 7 heteroatoms. The van der Waals surface area contributed by atoms with Crippen LogP contribution >= 0.6 is 0 Å². The lowest BCUT2D eigenvalue weighted by Gasteiger charge is -2.08. The average Bonchev–Trinajstić information content (AvgIpc) is 2.19. The normalized spacial score (nSPS) is 13.8. The number of hydrogen-bond donors (Lipinski definition) is 2. The summed E-state index contributed by atoms with van der Waals surface area (Å²) < 4.78 is 50.4. The third kappa shape index (κ3) is 3.22. The van der Waals surface area contributed by atoms with Gasteiger partial charge in [-0.1, -0.05) is 0 Å². The number of halogens is 2. The first-order chi connectivity index (χ1) is 7.33. The van der Waals surface area contributed by atoms with Crippen molar-refractivity contribution in [3.05, 3.63) is 29.8 Å². The molecular weight excluding hydrogens is 240 g/mol. The molecule has 4 nitrogen and oxygen atoms in total. The van der Waals surface area contributed by atoms with Gasteiger partial charge in [-0.15, -0.1) is 0 Å². The van der Waals surface area contributed by atoms with Gasteiger partial charge in [0.05, 0.1) is 11.0 Å². The minimum absolute atomic E-state index is 0.193. The summed E-state index contributed by atoms with van der Waals surface area (Å²) in [6, 6.07) is 2.26. The number of aliphatic hydroxyl groups is 1. The molecule has 0 fully saturated rings. The molecule has 1 aromatic rings. The Morgan fingerprint density at radius 2 is 2.00 bits per heavy atom. The predicted molar refractivity (Wildman–Crippen MR) is 53.2 cm³/mol. The monoisotopic (exact) mass is 251 g/mol. The Balaban J connectivity index is 2.94. The van der Waals surface area contributed by atoms with Crippen LogP contribution in [0.2, 0.25) is 0 Å². The summed E-state index contributed by atoms with van der Waals surface area (Å²) in [4.78, 5) is -0.382. The molecule has 0 heterocycles. The van der Waals surface area contributed by atoms with Crippen molar-refractivity contribution in [3.63, 3.8) is 0 Å². The van der Waals surface area contributed by atoms with Crippen molar-refractivity contribution in [1.29, 1.82) is 0 Å². The van der Waals surface area contributed by atoms with Crippen LogP contribution in [0, 0.1) is 11.6 Å². The first-order valence-corrected chi connectivity index (χ1v) is 5.94. The van der Waals surface area contributed by atoms with E-state index in [9.17, 15) is 17.2 Å². The van der Waals surface area contributed by atoms with E-state index in [4.69, 9.17) is 5.11 Å². The number of hydrogen-bond acceptors (Lipinski definition) is 3. The molecule has 16 heavy (non-hydrogen) atoms. The lowest BCUT2D eigenvalue weighted by molar-refractivity contribution is 0.198. The number of nitrogens with one attached hydrogen (secondary N) is 1. The fourth-order valence-electron chi connectivity index (χ4n) is 0.958. The van der Waals surface area contributed by atoms with E-state index in [1.54, 1.807) is 0 Å². The molecule has 1 aromatic carbocycles. The van der Waals surface area contributed by atoms with Gasteiger partial charge in [-0.2, -0.15) is 0 Å². The van der Waals surface area contributed by atoms with Crippen molar-refractivity contribution in [2.45, 2.75) is 17.9 Å². The van der Waals surface area contributed by atoms with Crippen LogP contribution in [-0.4, -0.2) is 26.2 Å². The topological polar surface area (TPSA) is 66.4 Å². The zero-order valence-electron chi connectivity index (χ0n) is 8.44. The highest BCUT2D eigenvalue weighted by molar-refractivity contribution is 7.89. The molecule has 0 bridgehead atoms. The lowest BCUT2D eigenvalue weighted by Crippen LogP contribution is -2.30. The molecule has 0 aliphatic heterocycles. The Kier molecular flexibility index (Phi) is 3.95. The third-order valence-corrected chi connectivity index (χ3v) is 3.19. The zero-order valence-corrected chi connectivity index (χ0v) is 9.26. The molecule has 0 saturated carbocycles. The molecule has 2 N–H and O–H groups in total. The molecule has 0 saturated heterocycles. The van der Waals surface area contributed by atoms with E-state index in [0.29, 0.717) is 6.07 Å². The molecule has 0 amide bonds. The van der Waals surface area contributed by atoms with Gasteiger partial charge in [0.25, 0.3) is 0 Å². The van der Waals surface area contributed by atoms with E-state index in [1.165, 1.54) is 6.92 Å². The second-order valence-electron chi connectivity index (χ2n) is 3.28. The second kappa shape index (κ2) is 4.86. The highest BCUT2D eigenvalue weighted by Crippen LogP contribution is 2.13. The standard InChI is InChI=1S/C9H11F2NO3S/c1-6(13)5-12-16(14,15)7-2-3-8(10)9(11)4-7/h2-4,6,12-13H,5H2,1H3/t6-/m0/s1. The van der Waals surface area contributed by atoms with Gasteiger partial charge in [0.15, 0.2) is 11.6 Å². The number of sulfonamides is 1. The van der Waals surface area contributed by atoms with Gasteiger partial charge >= 0.3 is 0 Å². The molecule has 1 rings (SSSR count). The van der Waals surface area contributed by atoms with Crippen LogP contribution in [0.1, 0.15) is 6.92 Å². The van der Waals surface area contributed by atoms with E-state index in [1.807, 2.05) is 0 Å². The van der Waals surface area contributed by atoms with E-state index in [0.717, 1.165) is 12.1 Å². The molecule has 0 unspecified atom stereocenters. The van der Waals surface area contributed by atoms with Crippen molar-refractivity contribution < 1.29 is 22.3 Å². The van der Waals surface area contributed by atoms with Crippen molar-refractivity contribution in [2.24, 2.45) is 0 Å². The molecular formula is C9H11F2NO3S. The summed E-state index contributed by atoms with van der Waals surface area (Å²) in [7, 11) is -3.91. The Morgan fingerprint density at radius 1 is 1.38 bits per heavy atom. The van der Waals surface area contributed by atoms with Crippen LogP contribution in [0.5, 0.6) is 0 Å². The fraction of sp³-hybridized carbons (Fsp3) is 0.333. The maximum absolute atomic E-state index is 12.8. The summed E-state index contributed by atoms with van der Waals surface area (Å²) in [5.74, 6) is -2.35. The Bertz CT molecular complexity index is 474. The number of benzene rings is 1. The van der Waals surface area contributed by atoms with Gasteiger partial charge in [0, 0.05) is 6.54 Å². The minimum Gasteiger partial charge on any atom is -0.392 e. The summed E-state index contributed by atoms with van der Waals surface area (Å²) >= 11 is 0. The number of aliphatic hydroxyl groups excluding tert-OH is 1. The Hall–Kier alpha value is -1.05. The van der Waals surface area contributed by atoms with Gasteiger partial charge in [-0.25, -0.2) is 21.9 Å². The predicted octanol–water partition coefficient (Wildman–Crippen LogP) is 0.624. The van der Waals surface area contributed by atoms with Crippen molar-refractivity contribution in [3.8, 4) is 0 Å². The van der Waals surface area contributed by atoms with Crippen molar-refractivity contribution in [1.82, 2.24) is 4.72 Å². The first-order valence-electron chi connectivity index (χ1n) is 4.45. The van der Waals surface area contributed by atoms with Crippen LogP contribution in [0.15, 0.2) is 23.1 Å². The molecule has 0 spiro atoms. The lowest BCUT2D eigenvalue weighted by atomic mass is 10.3. The van der Waals surface area contributed by atoms with E-state index >= 15 is 0 Å². The first kappa shape index (κ1) is 13.0. The van der Waals surface area contributed by atoms with Crippen LogP contribution in [0.4, 0.5) is 8.78 Å². The second-order valence-corrected chi connectivity index (χ2v) is 5.04. The molecule has 0 radical (unpaired) electrons. The van der Waals surface area contributed by atoms with Gasteiger partial charge < -0.3 is 5.11 Å². The molecule has 0 aliphatic carbocycles. The molecule has 0 aromatic heterocycles. The summed E-state index contributed by atoms with van der Waals surface area (Å²) in [6.45, 7) is 1.20. The average molecular weight is 251 g/mol. The van der Waals surface area contributed by atoms with Crippen molar-refractivity contribution in [2.75, 3.05) is 6.54 Å². The van der Waals surface area contributed by atoms with Gasteiger partial charge in [0.2, 0.25) is 10.0 Å².